The van der Waals surface area contributed by atoms with Gasteiger partial charge in [0.2, 0.25) is 11.8 Å². The molecule has 98 valence electrons. The minimum absolute atomic E-state index is 0.0304. The zero-order valence-electron chi connectivity index (χ0n) is 10.3. The second kappa shape index (κ2) is 5.90. The zero-order chi connectivity index (χ0) is 13.7. The van der Waals surface area contributed by atoms with Crippen LogP contribution in [-0.2, 0) is 6.54 Å². The average molecular weight is 261 g/mol. The molecule has 2 aromatic heterocycles. The fourth-order valence-corrected chi connectivity index (χ4v) is 1.54. The normalized spacial score (nSPS) is 10.0. The van der Waals surface area contributed by atoms with E-state index in [-0.39, 0.29) is 12.2 Å². The molecule has 19 heavy (non-hydrogen) atoms. The molecule has 0 unspecified atom stereocenters. The molecule has 0 aromatic carbocycles. The van der Waals surface area contributed by atoms with Crippen LogP contribution < -0.4 is 10.1 Å². The number of ether oxygens (including phenoxy) is 1. The van der Waals surface area contributed by atoms with Gasteiger partial charge >= 0.3 is 0 Å². The quantitative estimate of drug-likeness (QED) is 0.848. The first-order valence-corrected chi connectivity index (χ1v) is 5.59. The molecule has 1 N–H and O–H groups in total. The van der Waals surface area contributed by atoms with Crippen molar-refractivity contribution in [3.8, 4) is 5.88 Å². The Morgan fingerprint density at radius 1 is 1.37 bits per heavy atom. The molecule has 0 atom stereocenters. The van der Waals surface area contributed by atoms with E-state index in [1.54, 1.807) is 18.3 Å². The van der Waals surface area contributed by atoms with Crippen LogP contribution in [0.15, 0.2) is 36.5 Å². The third kappa shape index (κ3) is 3.25. The molecule has 1 amide bonds. The van der Waals surface area contributed by atoms with Crippen LogP contribution in [0.4, 0.5) is 4.39 Å². The van der Waals surface area contributed by atoms with Gasteiger partial charge in [-0.25, -0.2) is 9.97 Å². The van der Waals surface area contributed by atoms with E-state index in [1.807, 2.05) is 0 Å². The summed E-state index contributed by atoms with van der Waals surface area (Å²) in [6.07, 6.45) is 1.60. The second-order valence-corrected chi connectivity index (χ2v) is 3.70. The molecule has 6 heteroatoms. The second-order valence-electron chi connectivity index (χ2n) is 3.70. The van der Waals surface area contributed by atoms with Gasteiger partial charge in [-0.1, -0.05) is 12.1 Å². The molecule has 0 spiro atoms. The van der Waals surface area contributed by atoms with E-state index < -0.39 is 11.9 Å². The number of hydrogen-bond acceptors (Lipinski definition) is 4. The molecule has 2 aromatic rings. The van der Waals surface area contributed by atoms with Gasteiger partial charge in [-0.15, -0.1) is 0 Å². The summed E-state index contributed by atoms with van der Waals surface area (Å²) in [5.74, 6) is -0.702. The maximum atomic E-state index is 12.9. The summed E-state index contributed by atoms with van der Waals surface area (Å²) in [7, 11) is 1.50. The van der Waals surface area contributed by atoms with Crippen molar-refractivity contribution >= 4 is 5.91 Å². The third-order valence-electron chi connectivity index (χ3n) is 2.43. The number of carbonyl (C=O) groups is 1. The Morgan fingerprint density at radius 2 is 2.21 bits per heavy atom. The zero-order valence-corrected chi connectivity index (χ0v) is 10.3. The van der Waals surface area contributed by atoms with E-state index in [9.17, 15) is 9.18 Å². The van der Waals surface area contributed by atoms with Gasteiger partial charge in [0.25, 0.3) is 5.91 Å². The average Bonchev–Trinajstić information content (AvgIpc) is 2.45. The van der Waals surface area contributed by atoms with Crippen LogP contribution in [0.1, 0.15) is 16.1 Å². The maximum Gasteiger partial charge on any atom is 0.270 e. The van der Waals surface area contributed by atoms with Crippen LogP contribution >= 0.6 is 0 Å². The molecular formula is C13H12FN3O2. The largest absolute Gasteiger partial charge is 0.481 e. The van der Waals surface area contributed by atoms with Crippen molar-refractivity contribution < 1.29 is 13.9 Å². The Labute approximate surface area is 109 Å². The van der Waals surface area contributed by atoms with Crippen LogP contribution in [0.5, 0.6) is 5.88 Å². The first-order chi connectivity index (χ1) is 9.20. The molecule has 0 aliphatic rings. The van der Waals surface area contributed by atoms with Gasteiger partial charge in [-0.3, -0.25) is 4.79 Å². The molecule has 0 aliphatic heterocycles. The van der Waals surface area contributed by atoms with Crippen LogP contribution in [-0.4, -0.2) is 23.0 Å². The molecular weight excluding hydrogens is 249 g/mol. The van der Waals surface area contributed by atoms with E-state index in [0.717, 1.165) is 5.56 Å². The predicted molar refractivity (Wildman–Crippen MR) is 66.2 cm³/mol. The molecule has 2 heterocycles. The van der Waals surface area contributed by atoms with E-state index in [0.29, 0.717) is 5.88 Å². The van der Waals surface area contributed by atoms with Crippen molar-refractivity contribution in [3.63, 3.8) is 0 Å². The molecule has 0 radical (unpaired) electrons. The Kier molecular flexibility index (Phi) is 4.02. The van der Waals surface area contributed by atoms with Crippen molar-refractivity contribution in [1.29, 1.82) is 0 Å². The molecule has 0 saturated carbocycles. The fourth-order valence-electron chi connectivity index (χ4n) is 1.54. The lowest BCUT2D eigenvalue weighted by molar-refractivity contribution is 0.0944. The monoisotopic (exact) mass is 261 g/mol. The van der Waals surface area contributed by atoms with Gasteiger partial charge in [0, 0.05) is 18.3 Å². The number of halogens is 1. The standard InChI is InChI=1S/C13H12FN3O2/c1-19-13-9(4-3-7-15-13)8-16-12(18)10-5-2-6-11(14)17-10/h2-7H,8H2,1H3,(H,16,18). The summed E-state index contributed by atoms with van der Waals surface area (Å²) in [6.45, 7) is 0.230. The van der Waals surface area contributed by atoms with Gasteiger partial charge < -0.3 is 10.1 Å². The Hall–Kier alpha value is -2.50. The number of carbonyl (C=O) groups excluding carboxylic acids is 1. The first-order valence-electron chi connectivity index (χ1n) is 5.59. The van der Waals surface area contributed by atoms with Gasteiger partial charge in [0.15, 0.2) is 0 Å². The van der Waals surface area contributed by atoms with E-state index in [2.05, 4.69) is 15.3 Å². The maximum absolute atomic E-state index is 12.9. The van der Waals surface area contributed by atoms with Crippen molar-refractivity contribution in [2.24, 2.45) is 0 Å². The van der Waals surface area contributed by atoms with E-state index in [4.69, 9.17) is 4.74 Å². The summed E-state index contributed by atoms with van der Waals surface area (Å²) in [5.41, 5.74) is 0.762. The summed E-state index contributed by atoms with van der Waals surface area (Å²) in [6, 6.07) is 7.58. The molecule has 0 bridgehead atoms. The van der Waals surface area contributed by atoms with Crippen molar-refractivity contribution in [1.82, 2.24) is 15.3 Å². The number of aromatic nitrogens is 2. The third-order valence-corrected chi connectivity index (χ3v) is 2.43. The molecule has 0 aliphatic carbocycles. The summed E-state index contributed by atoms with van der Waals surface area (Å²) < 4.78 is 18.0. The number of rotatable bonds is 4. The number of pyridine rings is 2. The molecule has 5 nitrogen and oxygen atoms in total. The molecule has 0 saturated heterocycles. The Morgan fingerprint density at radius 3 is 2.95 bits per heavy atom. The fraction of sp³-hybridized carbons (Fsp3) is 0.154. The van der Waals surface area contributed by atoms with Crippen molar-refractivity contribution in [3.05, 3.63) is 53.7 Å². The summed E-state index contributed by atoms with van der Waals surface area (Å²) in [5, 5.41) is 2.63. The lowest BCUT2D eigenvalue weighted by Crippen LogP contribution is -2.24. The number of hydrogen-bond donors (Lipinski definition) is 1. The topological polar surface area (TPSA) is 64.1 Å². The number of methoxy groups -OCH3 is 1. The lowest BCUT2D eigenvalue weighted by Gasteiger charge is -2.08. The molecule has 2 rings (SSSR count). The molecule has 0 fully saturated rings. The van der Waals surface area contributed by atoms with Gasteiger partial charge in [0.05, 0.1) is 7.11 Å². The number of nitrogens with zero attached hydrogens (tertiary/aromatic N) is 2. The highest BCUT2D eigenvalue weighted by molar-refractivity contribution is 5.92. The summed E-state index contributed by atoms with van der Waals surface area (Å²) >= 11 is 0. The minimum Gasteiger partial charge on any atom is -0.481 e. The highest BCUT2D eigenvalue weighted by Crippen LogP contribution is 2.13. The highest BCUT2D eigenvalue weighted by Gasteiger charge is 2.09. The number of amides is 1. The highest BCUT2D eigenvalue weighted by atomic mass is 19.1. The first kappa shape index (κ1) is 12.9. The smallest absolute Gasteiger partial charge is 0.270 e. The Bertz CT molecular complexity index is 590. The Balaban J connectivity index is 2.04. The lowest BCUT2D eigenvalue weighted by atomic mass is 10.2. The minimum atomic E-state index is -0.688. The van der Waals surface area contributed by atoms with Crippen LogP contribution in [0.25, 0.3) is 0 Å². The van der Waals surface area contributed by atoms with Gasteiger partial charge in [0.1, 0.15) is 5.69 Å². The predicted octanol–water partition coefficient (Wildman–Crippen LogP) is 1.55. The van der Waals surface area contributed by atoms with Crippen LogP contribution in [0.2, 0.25) is 0 Å². The van der Waals surface area contributed by atoms with Crippen LogP contribution in [0.3, 0.4) is 0 Å². The van der Waals surface area contributed by atoms with Gasteiger partial charge in [-0.05, 0) is 18.2 Å². The summed E-state index contributed by atoms with van der Waals surface area (Å²) in [4.78, 5) is 19.3. The van der Waals surface area contributed by atoms with Crippen LogP contribution in [0, 0.1) is 5.95 Å². The SMILES string of the molecule is COc1ncccc1CNC(=O)c1cccc(F)n1. The van der Waals surface area contributed by atoms with E-state index in [1.165, 1.54) is 25.3 Å². The van der Waals surface area contributed by atoms with Gasteiger partial charge in [-0.2, -0.15) is 4.39 Å². The van der Waals surface area contributed by atoms with Crippen molar-refractivity contribution in [2.75, 3.05) is 7.11 Å². The number of nitrogens with one attached hydrogen (secondary N) is 1. The van der Waals surface area contributed by atoms with Crippen molar-refractivity contribution in [2.45, 2.75) is 6.54 Å². The van der Waals surface area contributed by atoms with E-state index >= 15 is 0 Å².